The zero-order valence-corrected chi connectivity index (χ0v) is 9.59. The number of rotatable bonds is 3. The predicted molar refractivity (Wildman–Crippen MR) is 67.2 cm³/mol. The average molecular weight is 230 g/mol. The Labute approximate surface area is 99.3 Å². The van der Waals surface area contributed by atoms with E-state index in [0.717, 1.165) is 11.3 Å². The monoisotopic (exact) mass is 230 g/mol. The van der Waals surface area contributed by atoms with Crippen LogP contribution in [0.1, 0.15) is 5.56 Å². The number of nitrogens with two attached hydrogens (primary N) is 1. The molecule has 4 nitrogen and oxygen atoms in total. The number of anilines is 1. The van der Waals surface area contributed by atoms with Crippen molar-refractivity contribution in [3.63, 3.8) is 0 Å². The number of nitrogen functional groups attached to an aromatic ring is 1. The first kappa shape index (κ1) is 11.3. The van der Waals surface area contributed by atoms with Gasteiger partial charge in [0, 0.05) is 35.8 Å². The first-order valence-electron chi connectivity index (χ1n) is 5.27. The van der Waals surface area contributed by atoms with Crippen LogP contribution in [0.4, 0.5) is 5.69 Å². The van der Waals surface area contributed by atoms with Gasteiger partial charge in [-0.3, -0.25) is 4.79 Å². The largest absolute Gasteiger partial charge is 0.496 e. The molecule has 0 saturated heterocycles. The molecule has 0 spiro atoms. The van der Waals surface area contributed by atoms with E-state index in [0.29, 0.717) is 12.2 Å². The molecule has 88 valence electrons. The van der Waals surface area contributed by atoms with Crippen LogP contribution in [-0.2, 0) is 6.54 Å². The molecule has 1 heterocycles. The van der Waals surface area contributed by atoms with Gasteiger partial charge < -0.3 is 15.0 Å². The second-order valence-corrected chi connectivity index (χ2v) is 3.78. The summed E-state index contributed by atoms with van der Waals surface area (Å²) in [5.74, 6) is 0.790. The molecular formula is C13H14N2O2. The number of ether oxygens (including phenoxy) is 1. The van der Waals surface area contributed by atoms with E-state index in [1.807, 2.05) is 16.7 Å². The van der Waals surface area contributed by atoms with Gasteiger partial charge in [-0.2, -0.15) is 0 Å². The lowest BCUT2D eigenvalue weighted by atomic mass is 10.1. The number of benzene rings is 1. The summed E-state index contributed by atoms with van der Waals surface area (Å²) >= 11 is 0. The first-order valence-corrected chi connectivity index (χ1v) is 5.27. The highest BCUT2D eigenvalue weighted by atomic mass is 16.5. The number of hydrogen-bond acceptors (Lipinski definition) is 3. The summed E-state index contributed by atoms with van der Waals surface area (Å²) < 4.78 is 7.17. The lowest BCUT2D eigenvalue weighted by molar-refractivity contribution is 0.408. The van der Waals surface area contributed by atoms with E-state index in [9.17, 15) is 4.79 Å². The van der Waals surface area contributed by atoms with Gasteiger partial charge in [-0.15, -0.1) is 0 Å². The maximum Gasteiger partial charge on any atom is 0.181 e. The minimum atomic E-state index is 0.000732. The van der Waals surface area contributed by atoms with Crippen LogP contribution in [0.2, 0.25) is 0 Å². The zero-order valence-electron chi connectivity index (χ0n) is 9.59. The third-order valence-corrected chi connectivity index (χ3v) is 2.52. The first-order chi connectivity index (χ1) is 8.19. The van der Waals surface area contributed by atoms with Crippen molar-refractivity contribution in [2.45, 2.75) is 6.54 Å². The van der Waals surface area contributed by atoms with Gasteiger partial charge in [0.25, 0.3) is 0 Å². The molecule has 0 bridgehead atoms. The summed E-state index contributed by atoms with van der Waals surface area (Å²) in [6.07, 6.45) is 3.48. The highest BCUT2D eigenvalue weighted by Crippen LogP contribution is 2.21. The van der Waals surface area contributed by atoms with Crippen LogP contribution >= 0.6 is 0 Å². The highest BCUT2D eigenvalue weighted by molar-refractivity contribution is 5.47. The molecule has 0 aliphatic heterocycles. The second kappa shape index (κ2) is 4.74. The summed E-state index contributed by atoms with van der Waals surface area (Å²) in [5.41, 5.74) is 7.42. The van der Waals surface area contributed by atoms with Crippen molar-refractivity contribution >= 4 is 5.69 Å². The fourth-order valence-electron chi connectivity index (χ4n) is 1.67. The van der Waals surface area contributed by atoms with Crippen molar-refractivity contribution in [2.24, 2.45) is 0 Å². The Morgan fingerprint density at radius 2 is 1.94 bits per heavy atom. The Balaban J connectivity index is 2.31. The van der Waals surface area contributed by atoms with Gasteiger partial charge in [-0.1, -0.05) is 0 Å². The number of pyridine rings is 1. The molecule has 0 saturated carbocycles. The third kappa shape index (κ3) is 2.66. The Morgan fingerprint density at radius 1 is 1.24 bits per heavy atom. The van der Waals surface area contributed by atoms with Crippen LogP contribution in [0.3, 0.4) is 0 Å². The molecule has 2 aromatic rings. The Bertz CT molecular complexity index is 555. The van der Waals surface area contributed by atoms with Crippen LogP contribution in [0, 0.1) is 0 Å². The minimum Gasteiger partial charge on any atom is -0.496 e. The molecule has 0 fully saturated rings. The van der Waals surface area contributed by atoms with Crippen molar-refractivity contribution < 1.29 is 4.74 Å². The van der Waals surface area contributed by atoms with Crippen molar-refractivity contribution in [2.75, 3.05) is 12.8 Å². The Kier molecular flexibility index (Phi) is 3.14. The maximum absolute atomic E-state index is 11.0. The van der Waals surface area contributed by atoms with Gasteiger partial charge in [0.2, 0.25) is 0 Å². The van der Waals surface area contributed by atoms with Crippen LogP contribution in [0.15, 0.2) is 47.5 Å². The number of aromatic nitrogens is 1. The lowest BCUT2D eigenvalue weighted by Gasteiger charge is -2.11. The molecule has 0 aliphatic rings. The predicted octanol–water partition coefficient (Wildman–Crippen LogP) is 1.49. The van der Waals surface area contributed by atoms with Crippen LogP contribution in [0.25, 0.3) is 0 Å². The Hall–Kier alpha value is -2.23. The van der Waals surface area contributed by atoms with E-state index in [1.54, 1.807) is 25.6 Å². The molecule has 2 N–H and O–H groups in total. The van der Waals surface area contributed by atoms with Crippen LogP contribution < -0.4 is 15.9 Å². The summed E-state index contributed by atoms with van der Waals surface area (Å²) in [6, 6.07) is 8.56. The second-order valence-electron chi connectivity index (χ2n) is 3.78. The highest BCUT2D eigenvalue weighted by Gasteiger charge is 2.03. The number of nitrogens with zero attached hydrogens (tertiary/aromatic N) is 1. The molecule has 1 aromatic carbocycles. The van der Waals surface area contributed by atoms with E-state index in [-0.39, 0.29) is 5.43 Å². The lowest BCUT2D eigenvalue weighted by Crippen LogP contribution is -2.06. The van der Waals surface area contributed by atoms with Crippen molar-refractivity contribution in [3.05, 3.63) is 58.5 Å². The smallest absolute Gasteiger partial charge is 0.181 e. The van der Waals surface area contributed by atoms with Crippen LogP contribution in [0.5, 0.6) is 5.75 Å². The molecule has 1 aromatic heterocycles. The SMILES string of the molecule is COc1ccc(N)cc1Cn1ccc(=O)cc1. The molecule has 2 rings (SSSR count). The van der Waals surface area contributed by atoms with E-state index >= 15 is 0 Å². The van der Waals surface area contributed by atoms with Crippen molar-refractivity contribution in [1.82, 2.24) is 4.57 Å². The van der Waals surface area contributed by atoms with E-state index in [2.05, 4.69) is 0 Å². The van der Waals surface area contributed by atoms with E-state index < -0.39 is 0 Å². The number of hydrogen-bond donors (Lipinski definition) is 1. The third-order valence-electron chi connectivity index (χ3n) is 2.52. The molecule has 4 heteroatoms. The van der Waals surface area contributed by atoms with Gasteiger partial charge in [-0.25, -0.2) is 0 Å². The normalized spacial score (nSPS) is 10.2. The molecule has 17 heavy (non-hydrogen) atoms. The minimum absolute atomic E-state index is 0.000732. The average Bonchev–Trinajstić information content (AvgIpc) is 2.32. The zero-order chi connectivity index (χ0) is 12.3. The topological polar surface area (TPSA) is 57.2 Å². The van der Waals surface area contributed by atoms with Gasteiger partial charge in [0.05, 0.1) is 13.7 Å². The molecule has 0 amide bonds. The molecular weight excluding hydrogens is 216 g/mol. The summed E-state index contributed by atoms with van der Waals surface area (Å²) in [6.45, 7) is 0.620. The molecule has 0 unspecified atom stereocenters. The maximum atomic E-state index is 11.0. The van der Waals surface area contributed by atoms with Gasteiger partial charge in [-0.05, 0) is 18.2 Å². The molecule has 0 aliphatic carbocycles. The summed E-state index contributed by atoms with van der Waals surface area (Å²) in [5, 5.41) is 0. The quantitative estimate of drug-likeness (QED) is 0.813. The standard InChI is InChI=1S/C13H14N2O2/c1-17-13-3-2-11(14)8-10(13)9-15-6-4-12(16)5-7-15/h2-8H,9,14H2,1H3. The van der Waals surface area contributed by atoms with Gasteiger partial charge >= 0.3 is 0 Å². The van der Waals surface area contributed by atoms with E-state index in [1.165, 1.54) is 12.1 Å². The van der Waals surface area contributed by atoms with Crippen molar-refractivity contribution in [3.8, 4) is 5.75 Å². The summed E-state index contributed by atoms with van der Waals surface area (Å²) in [7, 11) is 1.63. The summed E-state index contributed by atoms with van der Waals surface area (Å²) in [4.78, 5) is 11.0. The van der Waals surface area contributed by atoms with Crippen LogP contribution in [-0.4, -0.2) is 11.7 Å². The molecule has 0 atom stereocenters. The van der Waals surface area contributed by atoms with E-state index in [4.69, 9.17) is 10.5 Å². The Morgan fingerprint density at radius 3 is 2.59 bits per heavy atom. The molecule has 0 radical (unpaired) electrons. The fraction of sp³-hybridized carbons (Fsp3) is 0.154. The fourth-order valence-corrected chi connectivity index (χ4v) is 1.67. The van der Waals surface area contributed by atoms with Gasteiger partial charge in [0.1, 0.15) is 5.75 Å². The van der Waals surface area contributed by atoms with Gasteiger partial charge in [0.15, 0.2) is 5.43 Å². The van der Waals surface area contributed by atoms with Crippen molar-refractivity contribution in [1.29, 1.82) is 0 Å². The number of methoxy groups -OCH3 is 1.